The van der Waals surface area contributed by atoms with Crippen molar-refractivity contribution in [2.75, 3.05) is 13.2 Å². The van der Waals surface area contributed by atoms with Gasteiger partial charge in [0, 0.05) is 27.5 Å². The van der Waals surface area contributed by atoms with Gasteiger partial charge in [-0.2, -0.15) is 0 Å². The lowest BCUT2D eigenvalue weighted by molar-refractivity contribution is 0.0501. The van der Waals surface area contributed by atoms with E-state index < -0.39 is 26.0 Å². The molecule has 0 saturated heterocycles. The highest BCUT2D eigenvalue weighted by atomic mass is 28.4. The normalized spacial score (nSPS) is 12.4. The van der Waals surface area contributed by atoms with Crippen molar-refractivity contribution in [3.8, 4) is 5.88 Å². The number of rotatable bonds is 8. The van der Waals surface area contributed by atoms with E-state index in [9.17, 15) is 9.59 Å². The molecule has 1 N–H and O–H groups in total. The highest BCUT2D eigenvalue weighted by molar-refractivity contribution is 6.74. The summed E-state index contributed by atoms with van der Waals surface area (Å²) >= 11 is 0. The zero-order chi connectivity index (χ0) is 22.5. The number of nitrogens with one attached hydrogen (secondary N) is 1. The molecule has 8 nitrogen and oxygen atoms in total. The van der Waals surface area contributed by atoms with E-state index in [1.54, 1.807) is 17.7 Å². The Hall–Kier alpha value is -2.03. The molecule has 0 fully saturated rings. The molecule has 1 aromatic rings. The second kappa shape index (κ2) is 9.64. The van der Waals surface area contributed by atoms with Crippen molar-refractivity contribution in [1.29, 1.82) is 0 Å². The maximum atomic E-state index is 12.3. The van der Waals surface area contributed by atoms with Crippen LogP contribution >= 0.6 is 0 Å². The summed E-state index contributed by atoms with van der Waals surface area (Å²) < 4.78 is 18.2. The molecule has 0 radical (unpaired) electrons. The van der Waals surface area contributed by atoms with Crippen molar-refractivity contribution < 1.29 is 23.5 Å². The molecule has 0 aromatic carbocycles. The van der Waals surface area contributed by atoms with Crippen molar-refractivity contribution in [3.63, 3.8) is 0 Å². The fourth-order valence-electron chi connectivity index (χ4n) is 2.13. The summed E-state index contributed by atoms with van der Waals surface area (Å²) in [6, 6.07) is 1.64. The van der Waals surface area contributed by atoms with Gasteiger partial charge in [0.25, 0.3) is 0 Å². The molecule has 29 heavy (non-hydrogen) atoms. The summed E-state index contributed by atoms with van der Waals surface area (Å²) in [5.41, 5.74) is -0.197. The van der Waals surface area contributed by atoms with Gasteiger partial charge in [-0.1, -0.05) is 20.8 Å². The van der Waals surface area contributed by atoms with Crippen LogP contribution < -0.4 is 9.74 Å². The fraction of sp³-hybridized carbons (Fsp3) is 0.750. The third-order valence-electron chi connectivity index (χ3n) is 4.62. The van der Waals surface area contributed by atoms with Gasteiger partial charge in [-0.3, -0.25) is 4.68 Å². The van der Waals surface area contributed by atoms with E-state index in [1.807, 2.05) is 20.8 Å². The molecule has 0 unspecified atom stereocenters. The summed E-state index contributed by atoms with van der Waals surface area (Å²) in [5.74, 6) is -0.00932. The van der Waals surface area contributed by atoms with Crippen LogP contribution in [0.3, 0.4) is 0 Å². The maximum absolute atomic E-state index is 12.3. The number of hydrogen-bond acceptors (Lipinski definition) is 6. The third-order valence-corrected chi connectivity index (χ3v) is 8.95. The molecule has 0 atom stereocenters. The van der Waals surface area contributed by atoms with Gasteiger partial charge >= 0.3 is 12.1 Å². The highest BCUT2D eigenvalue weighted by Crippen LogP contribution is 2.37. The average molecular weight is 428 g/mol. The number of esters is 1. The average Bonchev–Trinajstić information content (AvgIpc) is 2.91. The third kappa shape index (κ3) is 8.08. The minimum atomic E-state index is -2.09. The van der Waals surface area contributed by atoms with Gasteiger partial charge < -0.3 is 19.2 Å². The molecule has 0 aliphatic rings. The predicted octanol–water partition coefficient (Wildman–Crippen LogP) is 4.36. The van der Waals surface area contributed by atoms with Crippen LogP contribution in [0.15, 0.2) is 6.07 Å². The van der Waals surface area contributed by atoms with Crippen molar-refractivity contribution >= 4 is 20.4 Å². The number of alkyl carbamates (subject to hydrolysis) is 1. The van der Waals surface area contributed by atoms with Crippen LogP contribution in [0.5, 0.6) is 5.88 Å². The molecule has 0 aliphatic carbocycles. The lowest BCUT2D eigenvalue weighted by Crippen LogP contribution is -2.44. The first-order valence-electron chi connectivity index (χ1n) is 10.1. The van der Waals surface area contributed by atoms with Gasteiger partial charge in [0.15, 0.2) is 5.88 Å². The summed E-state index contributed by atoms with van der Waals surface area (Å²) in [6.45, 7) is 19.0. The van der Waals surface area contributed by atoms with Crippen LogP contribution in [0, 0.1) is 0 Å². The Balaban J connectivity index is 2.83. The Morgan fingerprint density at radius 2 is 1.79 bits per heavy atom. The van der Waals surface area contributed by atoms with Crippen molar-refractivity contribution in [2.24, 2.45) is 0 Å². The van der Waals surface area contributed by atoms with Gasteiger partial charge in [0.2, 0.25) is 0 Å². The first-order valence-corrected chi connectivity index (χ1v) is 13.0. The van der Waals surface area contributed by atoms with Crippen LogP contribution in [-0.4, -0.2) is 48.9 Å². The van der Waals surface area contributed by atoms with Gasteiger partial charge in [-0.05, 0) is 34.1 Å². The minimum absolute atomic E-state index is 0.0121. The van der Waals surface area contributed by atoms with Crippen molar-refractivity contribution in [3.05, 3.63) is 11.8 Å². The zero-order valence-corrected chi connectivity index (χ0v) is 20.3. The van der Waals surface area contributed by atoms with Crippen molar-refractivity contribution in [2.45, 2.75) is 85.2 Å². The Kier molecular flexibility index (Phi) is 8.32. The largest absolute Gasteiger partial charge is 0.674 e. The Bertz CT molecular complexity index is 702. The second-order valence-corrected chi connectivity index (χ2v) is 14.2. The summed E-state index contributed by atoms with van der Waals surface area (Å²) in [5, 5.41) is 7.19. The predicted molar refractivity (Wildman–Crippen MR) is 115 cm³/mol. The Morgan fingerprint density at radius 1 is 1.17 bits per heavy atom. The number of hydrogen-bond donors (Lipinski definition) is 1. The quantitative estimate of drug-likeness (QED) is 0.376. The van der Waals surface area contributed by atoms with Crippen LogP contribution in [-0.2, 0) is 16.0 Å². The van der Waals surface area contributed by atoms with Crippen molar-refractivity contribution in [1.82, 2.24) is 15.1 Å². The smallest absolute Gasteiger partial charge is 0.407 e. The molecule has 0 saturated carbocycles. The number of aryl methyl sites for hydroxylation is 1. The van der Waals surface area contributed by atoms with Crippen LogP contribution in [0.4, 0.5) is 4.79 Å². The molecule has 1 rings (SSSR count). The summed E-state index contributed by atoms with van der Waals surface area (Å²) in [6.07, 6.45) is 0.109. The second-order valence-electron chi connectivity index (χ2n) is 9.46. The van der Waals surface area contributed by atoms with Gasteiger partial charge in [-0.25, -0.2) is 9.59 Å². The molecular weight excluding hydrogens is 390 g/mol. The summed E-state index contributed by atoms with van der Waals surface area (Å²) in [7, 11) is -2.09. The summed E-state index contributed by atoms with van der Waals surface area (Å²) in [4.78, 5) is 24.1. The first-order chi connectivity index (χ1) is 13.2. The number of carbonyl (C=O) groups excluding carboxylic acids is 2. The Labute approximate surface area is 175 Å². The first kappa shape index (κ1) is 25.0. The fourth-order valence-corrected chi connectivity index (χ4v) is 3.06. The molecule has 0 aliphatic heterocycles. The minimum Gasteiger partial charge on any atom is -0.674 e. The van der Waals surface area contributed by atoms with E-state index in [1.165, 1.54) is 0 Å². The van der Waals surface area contributed by atoms with E-state index in [0.29, 0.717) is 31.1 Å². The standard InChI is InChI=1S/C20H37N3O5Si/c1-10-26-17(24)15-14-16(28-29(8,9)20(5,6)7)22-23(15)13-11-12-21-18(25)27-19(2,3)4/h14H,10-13H2,1-9H3,(H,21,25)/q-1. The zero-order valence-electron chi connectivity index (χ0n) is 19.3. The molecule has 9 heteroatoms. The van der Waals surface area contributed by atoms with Gasteiger partial charge in [-0.15, -0.1) is 23.2 Å². The topological polar surface area (TPSA) is 91.7 Å². The number of ether oxygens (including phenoxy) is 2. The van der Waals surface area contributed by atoms with E-state index in [0.717, 1.165) is 0 Å². The number of aromatic nitrogens is 2. The van der Waals surface area contributed by atoms with Crippen LogP contribution in [0.2, 0.25) is 18.1 Å². The lowest BCUT2D eigenvalue weighted by Gasteiger charge is -2.47. The maximum Gasteiger partial charge on any atom is 0.407 e. The van der Waals surface area contributed by atoms with Gasteiger partial charge in [0.1, 0.15) is 11.3 Å². The molecule has 167 valence electrons. The number of carbonyl (C=O) groups is 2. The highest BCUT2D eigenvalue weighted by Gasteiger charge is 2.28. The molecule has 1 amide bonds. The van der Waals surface area contributed by atoms with Crippen LogP contribution in [0.1, 0.15) is 65.4 Å². The molecular formula is C20H37N3O5Si-. The van der Waals surface area contributed by atoms with Crippen LogP contribution in [0.25, 0.3) is 0 Å². The lowest BCUT2D eigenvalue weighted by atomic mass is 10.2. The van der Waals surface area contributed by atoms with E-state index in [2.05, 4.69) is 44.3 Å². The number of amides is 1. The molecule has 1 heterocycles. The monoisotopic (exact) mass is 427 g/mol. The molecule has 1 aromatic heterocycles. The van der Waals surface area contributed by atoms with E-state index >= 15 is 0 Å². The molecule has 0 bridgehead atoms. The van der Waals surface area contributed by atoms with E-state index in [4.69, 9.17) is 13.9 Å². The Morgan fingerprint density at radius 3 is 2.31 bits per heavy atom. The van der Waals surface area contributed by atoms with E-state index in [-0.39, 0.29) is 11.6 Å². The SMILES string of the molecule is CCOC(=O)c1cc(O[Si-](C)(C)C(C)(C)C)nn1CCCNC(=O)OC(C)(C)C. The number of nitrogens with zero attached hydrogens (tertiary/aromatic N) is 2. The molecule has 0 spiro atoms. The van der Waals surface area contributed by atoms with Gasteiger partial charge in [0.05, 0.1) is 6.61 Å².